The summed E-state index contributed by atoms with van der Waals surface area (Å²) in [5.41, 5.74) is 5.53. The summed E-state index contributed by atoms with van der Waals surface area (Å²) in [5, 5.41) is 14.6. The summed E-state index contributed by atoms with van der Waals surface area (Å²) in [4.78, 5) is 8.99. The van der Waals surface area contributed by atoms with E-state index in [1.54, 1.807) is 12.3 Å². The van der Waals surface area contributed by atoms with Crippen LogP contribution >= 0.6 is 0 Å². The lowest BCUT2D eigenvalue weighted by molar-refractivity contribution is 0.172. The van der Waals surface area contributed by atoms with Crippen LogP contribution in [-0.4, -0.2) is 47.1 Å². The second-order valence-electron chi connectivity index (χ2n) is 10.5. The van der Waals surface area contributed by atoms with Crippen LogP contribution in [0.25, 0.3) is 11.0 Å². The van der Waals surface area contributed by atoms with Crippen LogP contribution in [0, 0.1) is 17.2 Å². The summed E-state index contributed by atoms with van der Waals surface area (Å²) in [6.07, 6.45) is 6.09. The van der Waals surface area contributed by atoms with Crippen LogP contribution in [0.4, 0.5) is 0 Å². The fraction of sp³-hybridized carbons (Fsp3) is 0.387. The minimum Gasteiger partial charge on any atom is -0.487 e. The summed E-state index contributed by atoms with van der Waals surface area (Å²) >= 11 is 0. The van der Waals surface area contributed by atoms with Gasteiger partial charge in [-0.05, 0) is 88.6 Å². The Bertz CT molecular complexity index is 1370. The van der Waals surface area contributed by atoms with Gasteiger partial charge in [0.1, 0.15) is 18.4 Å². The standard InChI is InChI=1S/C31H35N5O2/c1-35(2)21-28-30(37-22-26-10-8-25(18-32)19-33-26)13-11-27-29(34-38-31(27)28)12-9-23-14-16-36(17-15-23)20-24-6-4-3-5-7-24/h3-8,10-11,13,19,23H,9,12,14-17,20-22H2,1-2H3. The number of benzene rings is 2. The maximum Gasteiger partial charge on any atom is 0.175 e. The smallest absolute Gasteiger partial charge is 0.175 e. The van der Waals surface area contributed by atoms with Crippen LogP contribution in [0.2, 0.25) is 0 Å². The molecule has 1 aliphatic rings. The Morgan fingerprint density at radius 1 is 1.08 bits per heavy atom. The first-order chi connectivity index (χ1) is 18.6. The molecule has 0 radical (unpaired) electrons. The van der Waals surface area contributed by atoms with Crippen molar-refractivity contribution in [2.24, 2.45) is 5.92 Å². The lowest BCUT2D eigenvalue weighted by Crippen LogP contribution is -2.33. The first-order valence-electron chi connectivity index (χ1n) is 13.4. The molecule has 0 amide bonds. The van der Waals surface area contributed by atoms with E-state index >= 15 is 0 Å². The van der Waals surface area contributed by atoms with Crippen molar-refractivity contribution in [1.82, 2.24) is 19.9 Å². The lowest BCUT2D eigenvalue weighted by Gasteiger charge is -2.31. The van der Waals surface area contributed by atoms with E-state index in [1.807, 2.05) is 26.2 Å². The molecule has 4 aromatic rings. The molecule has 2 aromatic heterocycles. The SMILES string of the molecule is CN(C)Cc1c(OCc2ccc(C#N)cn2)ccc2c(CCC3CCN(Cc4ccccc4)CC3)noc12. The first-order valence-corrected chi connectivity index (χ1v) is 13.4. The van der Waals surface area contributed by atoms with Crippen molar-refractivity contribution in [2.75, 3.05) is 27.2 Å². The number of hydrogen-bond acceptors (Lipinski definition) is 7. The zero-order valence-electron chi connectivity index (χ0n) is 22.3. The van der Waals surface area contributed by atoms with Gasteiger partial charge in [0.05, 0.1) is 22.5 Å². The fourth-order valence-corrected chi connectivity index (χ4v) is 5.22. The summed E-state index contributed by atoms with van der Waals surface area (Å²) in [6.45, 7) is 4.35. The highest BCUT2D eigenvalue weighted by molar-refractivity contribution is 5.84. The molecule has 0 atom stereocenters. The zero-order chi connectivity index (χ0) is 26.3. The number of nitrogens with zero attached hydrogens (tertiary/aromatic N) is 5. The van der Waals surface area contributed by atoms with Crippen LogP contribution < -0.4 is 4.74 Å². The molecule has 0 aliphatic carbocycles. The van der Waals surface area contributed by atoms with Gasteiger partial charge in [0.2, 0.25) is 0 Å². The highest BCUT2D eigenvalue weighted by atomic mass is 16.5. The van der Waals surface area contributed by atoms with Crippen molar-refractivity contribution in [3.05, 3.63) is 88.9 Å². The number of hydrogen-bond donors (Lipinski definition) is 0. The number of likely N-dealkylation sites (tertiary alicyclic amines) is 1. The number of rotatable bonds is 10. The van der Waals surface area contributed by atoms with Crippen LogP contribution in [0.15, 0.2) is 65.3 Å². The molecule has 3 heterocycles. The normalized spacial score (nSPS) is 14.7. The third kappa shape index (κ3) is 6.39. The molecule has 0 unspecified atom stereocenters. The number of ether oxygens (including phenoxy) is 1. The molecular formula is C31H35N5O2. The van der Waals surface area contributed by atoms with Gasteiger partial charge in [-0.15, -0.1) is 0 Å². The van der Waals surface area contributed by atoms with Gasteiger partial charge in [-0.1, -0.05) is 35.5 Å². The van der Waals surface area contributed by atoms with Crippen LogP contribution in [0.1, 0.15) is 47.3 Å². The van der Waals surface area contributed by atoms with E-state index in [4.69, 9.17) is 14.5 Å². The Labute approximate surface area is 224 Å². The number of aryl methyl sites for hydroxylation is 1. The Morgan fingerprint density at radius 3 is 2.61 bits per heavy atom. The van der Waals surface area contributed by atoms with Gasteiger partial charge in [0.25, 0.3) is 0 Å². The van der Waals surface area contributed by atoms with Crippen LogP contribution in [0.5, 0.6) is 5.75 Å². The minimum atomic E-state index is 0.321. The second kappa shape index (κ2) is 12.2. The summed E-state index contributed by atoms with van der Waals surface area (Å²) in [6, 6.07) is 20.5. The van der Waals surface area contributed by atoms with Crippen molar-refractivity contribution in [2.45, 2.75) is 45.4 Å². The quantitative estimate of drug-likeness (QED) is 0.276. The number of pyridine rings is 1. The summed E-state index contributed by atoms with van der Waals surface area (Å²) in [7, 11) is 4.07. The Kier molecular flexibility index (Phi) is 8.32. The molecule has 5 rings (SSSR count). The van der Waals surface area contributed by atoms with Crippen molar-refractivity contribution in [3.8, 4) is 11.8 Å². The van der Waals surface area contributed by atoms with E-state index < -0.39 is 0 Å². The molecule has 7 nitrogen and oxygen atoms in total. The highest BCUT2D eigenvalue weighted by Gasteiger charge is 2.22. The molecule has 0 bridgehead atoms. The average molecular weight is 510 g/mol. The molecule has 196 valence electrons. The lowest BCUT2D eigenvalue weighted by atomic mass is 9.91. The van der Waals surface area contributed by atoms with Crippen LogP contribution in [-0.2, 0) is 26.1 Å². The molecular weight excluding hydrogens is 474 g/mol. The topological polar surface area (TPSA) is 78.4 Å². The van der Waals surface area contributed by atoms with Gasteiger partial charge in [-0.3, -0.25) is 9.88 Å². The fourth-order valence-electron chi connectivity index (χ4n) is 5.22. The minimum absolute atomic E-state index is 0.321. The molecule has 0 spiro atoms. The van der Waals surface area contributed by atoms with Gasteiger partial charge < -0.3 is 14.2 Å². The van der Waals surface area contributed by atoms with E-state index in [2.05, 4.69) is 62.4 Å². The van der Waals surface area contributed by atoms with E-state index in [0.717, 1.165) is 72.1 Å². The molecule has 38 heavy (non-hydrogen) atoms. The average Bonchev–Trinajstić information content (AvgIpc) is 3.36. The zero-order valence-corrected chi connectivity index (χ0v) is 22.3. The Balaban J connectivity index is 1.22. The Morgan fingerprint density at radius 2 is 1.89 bits per heavy atom. The van der Waals surface area contributed by atoms with E-state index in [1.165, 1.54) is 18.4 Å². The van der Waals surface area contributed by atoms with E-state index in [9.17, 15) is 0 Å². The summed E-state index contributed by atoms with van der Waals surface area (Å²) in [5.74, 6) is 1.49. The predicted octanol–water partition coefficient (Wildman–Crippen LogP) is 5.58. The second-order valence-corrected chi connectivity index (χ2v) is 10.5. The van der Waals surface area contributed by atoms with E-state index in [-0.39, 0.29) is 0 Å². The van der Waals surface area contributed by atoms with E-state index in [0.29, 0.717) is 18.7 Å². The maximum absolute atomic E-state index is 8.99. The maximum atomic E-state index is 8.99. The third-order valence-corrected chi connectivity index (χ3v) is 7.32. The van der Waals surface area contributed by atoms with Crippen molar-refractivity contribution in [3.63, 3.8) is 0 Å². The molecule has 1 fully saturated rings. The van der Waals surface area contributed by atoms with Gasteiger partial charge >= 0.3 is 0 Å². The van der Waals surface area contributed by atoms with Crippen molar-refractivity contribution < 1.29 is 9.26 Å². The molecule has 1 aliphatic heterocycles. The number of piperidine rings is 1. The van der Waals surface area contributed by atoms with Gasteiger partial charge in [0, 0.05) is 24.7 Å². The molecule has 7 heteroatoms. The van der Waals surface area contributed by atoms with Crippen molar-refractivity contribution in [1.29, 1.82) is 5.26 Å². The molecule has 0 saturated carbocycles. The molecule has 1 saturated heterocycles. The molecule has 0 N–H and O–H groups in total. The van der Waals surface area contributed by atoms with Crippen LogP contribution in [0.3, 0.4) is 0 Å². The third-order valence-electron chi connectivity index (χ3n) is 7.32. The molecule has 2 aromatic carbocycles. The van der Waals surface area contributed by atoms with Gasteiger partial charge in [-0.25, -0.2) is 0 Å². The predicted molar refractivity (Wildman–Crippen MR) is 147 cm³/mol. The highest BCUT2D eigenvalue weighted by Crippen LogP contribution is 2.33. The van der Waals surface area contributed by atoms with Gasteiger partial charge in [-0.2, -0.15) is 5.26 Å². The van der Waals surface area contributed by atoms with Crippen molar-refractivity contribution >= 4 is 11.0 Å². The van der Waals surface area contributed by atoms with Gasteiger partial charge in [0.15, 0.2) is 5.58 Å². The monoisotopic (exact) mass is 509 g/mol. The number of aromatic nitrogens is 2. The number of fused-ring (bicyclic) bond motifs is 1. The largest absolute Gasteiger partial charge is 0.487 e. The summed E-state index contributed by atoms with van der Waals surface area (Å²) < 4.78 is 12.1. The Hall–Kier alpha value is -3.73. The first kappa shape index (κ1) is 25.9. The number of nitriles is 1.